The molecular formula is C30H29Cl2N5O3. The SMILES string of the molecule is COc1cc2c(cc1-c1cncc(C(N)=O)c1)-c1c(c(C(=O)N(C)C(C)(C)C)nn1-c1cc(Cl)cc(Cl)c1)CC2. The summed E-state index contributed by atoms with van der Waals surface area (Å²) in [4.78, 5) is 31.5. The molecule has 2 aromatic carbocycles. The normalized spacial score (nSPS) is 12.5. The summed E-state index contributed by atoms with van der Waals surface area (Å²) < 4.78 is 7.49. The van der Waals surface area contributed by atoms with Gasteiger partial charge in [-0.25, -0.2) is 4.68 Å². The van der Waals surface area contributed by atoms with Crippen LogP contribution in [0.5, 0.6) is 5.75 Å². The van der Waals surface area contributed by atoms with Crippen molar-refractivity contribution in [2.75, 3.05) is 14.2 Å². The minimum absolute atomic E-state index is 0.175. The highest BCUT2D eigenvalue weighted by Gasteiger charge is 2.34. The highest BCUT2D eigenvalue weighted by atomic mass is 35.5. The van der Waals surface area contributed by atoms with Crippen LogP contribution in [-0.2, 0) is 12.8 Å². The Morgan fingerprint density at radius 2 is 1.70 bits per heavy atom. The van der Waals surface area contributed by atoms with Crippen LogP contribution in [0.1, 0.15) is 52.7 Å². The number of nitrogens with zero attached hydrogens (tertiary/aromatic N) is 4. The van der Waals surface area contributed by atoms with Crippen molar-refractivity contribution in [3.8, 4) is 33.8 Å². The summed E-state index contributed by atoms with van der Waals surface area (Å²) in [6.07, 6.45) is 4.37. The molecule has 206 valence electrons. The first kappa shape index (κ1) is 27.7. The second-order valence-corrected chi connectivity index (χ2v) is 11.7. The third-order valence-corrected chi connectivity index (χ3v) is 7.68. The second kappa shape index (κ2) is 10.3. The first-order valence-corrected chi connectivity index (χ1v) is 13.5. The molecule has 8 nitrogen and oxygen atoms in total. The molecule has 2 heterocycles. The van der Waals surface area contributed by atoms with E-state index in [4.69, 9.17) is 38.8 Å². The molecule has 2 aromatic heterocycles. The Morgan fingerprint density at radius 3 is 2.33 bits per heavy atom. The summed E-state index contributed by atoms with van der Waals surface area (Å²) in [7, 11) is 3.38. The van der Waals surface area contributed by atoms with Crippen LogP contribution in [0.2, 0.25) is 10.0 Å². The van der Waals surface area contributed by atoms with Crippen molar-refractivity contribution in [2.24, 2.45) is 5.73 Å². The predicted octanol–water partition coefficient (Wildman–Crippen LogP) is 5.98. The lowest BCUT2D eigenvalue weighted by Gasteiger charge is -2.31. The third-order valence-electron chi connectivity index (χ3n) is 7.25. The van der Waals surface area contributed by atoms with E-state index in [1.165, 1.54) is 6.20 Å². The number of benzene rings is 2. The maximum absolute atomic E-state index is 13.8. The summed E-state index contributed by atoms with van der Waals surface area (Å²) in [5.41, 5.74) is 11.3. The van der Waals surface area contributed by atoms with E-state index in [9.17, 15) is 9.59 Å². The number of primary amides is 1. The molecule has 0 unspecified atom stereocenters. The molecule has 1 aliphatic rings. The van der Waals surface area contributed by atoms with Crippen molar-refractivity contribution in [2.45, 2.75) is 39.2 Å². The summed E-state index contributed by atoms with van der Waals surface area (Å²) in [5, 5.41) is 5.77. The van der Waals surface area contributed by atoms with Gasteiger partial charge in [0.2, 0.25) is 5.91 Å². The van der Waals surface area contributed by atoms with Gasteiger partial charge in [0.15, 0.2) is 5.69 Å². The number of hydrogen-bond donors (Lipinski definition) is 1. The molecule has 0 atom stereocenters. The number of aryl methyl sites for hydroxylation is 1. The zero-order valence-corrected chi connectivity index (χ0v) is 24.4. The van der Waals surface area contributed by atoms with Gasteiger partial charge in [-0.1, -0.05) is 23.2 Å². The van der Waals surface area contributed by atoms with Gasteiger partial charge in [-0.15, -0.1) is 0 Å². The summed E-state index contributed by atoms with van der Waals surface area (Å²) in [6.45, 7) is 5.94. The molecule has 0 radical (unpaired) electrons. The van der Waals surface area contributed by atoms with E-state index in [0.717, 1.165) is 27.9 Å². The third kappa shape index (κ3) is 4.93. The molecule has 0 saturated heterocycles. The summed E-state index contributed by atoms with van der Waals surface area (Å²) in [6, 6.07) is 10.8. The molecule has 40 heavy (non-hydrogen) atoms. The van der Waals surface area contributed by atoms with Gasteiger partial charge in [0.25, 0.3) is 5.91 Å². The fourth-order valence-corrected chi connectivity index (χ4v) is 5.39. The molecule has 1 aliphatic carbocycles. The molecule has 0 aliphatic heterocycles. The van der Waals surface area contributed by atoms with Crippen LogP contribution in [-0.4, -0.2) is 51.2 Å². The van der Waals surface area contributed by atoms with E-state index >= 15 is 0 Å². The molecular weight excluding hydrogens is 549 g/mol. The average Bonchev–Trinajstić information content (AvgIpc) is 3.30. The van der Waals surface area contributed by atoms with Crippen LogP contribution in [0.3, 0.4) is 0 Å². The van der Waals surface area contributed by atoms with Crippen LogP contribution < -0.4 is 10.5 Å². The Hall–Kier alpha value is -3.88. The average molecular weight is 579 g/mol. The quantitative estimate of drug-likeness (QED) is 0.314. The molecule has 0 bridgehead atoms. The summed E-state index contributed by atoms with van der Waals surface area (Å²) in [5.74, 6) is -0.118. The van der Waals surface area contributed by atoms with Gasteiger partial charge >= 0.3 is 0 Å². The Labute approximate surface area is 242 Å². The monoisotopic (exact) mass is 577 g/mol. The number of aromatic nitrogens is 3. The zero-order chi connectivity index (χ0) is 28.9. The molecule has 2 N–H and O–H groups in total. The van der Waals surface area contributed by atoms with Gasteiger partial charge in [0.05, 0.1) is 24.1 Å². The number of pyridine rings is 1. The first-order chi connectivity index (χ1) is 18.9. The van der Waals surface area contributed by atoms with Crippen LogP contribution in [0.4, 0.5) is 0 Å². The predicted molar refractivity (Wildman–Crippen MR) is 157 cm³/mol. The minimum atomic E-state index is -0.574. The highest BCUT2D eigenvalue weighted by molar-refractivity contribution is 6.34. The van der Waals surface area contributed by atoms with E-state index < -0.39 is 11.4 Å². The van der Waals surface area contributed by atoms with Crippen LogP contribution >= 0.6 is 23.2 Å². The van der Waals surface area contributed by atoms with Crippen LogP contribution in [0, 0.1) is 0 Å². The van der Waals surface area contributed by atoms with Crippen molar-refractivity contribution in [3.05, 3.63) is 81.2 Å². The number of carbonyl (C=O) groups is 2. The number of fused-ring (bicyclic) bond motifs is 3. The molecule has 10 heteroatoms. The summed E-state index contributed by atoms with van der Waals surface area (Å²) >= 11 is 12.8. The molecule has 4 aromatic rings. The Bertz CT molecular complexity index is 1650. The number of halogens is 2. The van der Waals surface area contributed by atoms with Gasteiger partial charge in [0.1, 0.15) is 5.75 Å². The number of rotatable bonds is 5. The first-order valence-electron chi connectivity index (χ1n) is 12.7. The smallest absolute Gasteiger partial charge is 0.274 e. The van der Waals surface area contributed by atoms with Crippen molar-refractivity contribution >= 4 is 35.0 Å². The number of methoxy groups -OCH3 is 1. The number of hydrogen-bond acceptors (Lipinski definition) is 5. The largest absolute Gasteiger partial charge is 0.496 e. The Morgan fingerprint density at radius 1 is 1.00 bits per heavy atom. The van der Waals surface area contributed by atoms with E-state index in [1.54, 1.807) is 54.2 Å². The Kier molecular flexibility index (Phi) is 7.10. The number of carbonyl (C=O) groups excluding carboxylic acids is 2. The maximum atomic E-state index is 13.8. The number of ether oxygens (including phenoxy) is 1. The van der Waals surface area contributed by atoms with Crippen molar-refractivity contribution in [1.82, 2.24) is 19.7 Å². The zero-order valence-electron chi connectivity index (χ0n) is 22.9. The van der Waals surface area contributed by atoms with Crippen LogP contribution in [0.15, 0.2) is 48.8 Å². The lowest BCUT2D eigenvalue weighted by molar-refractivity contribution is 0.0648. The van der Waals surface area contributed by atoms with E-state index in [-0.39, 0.29) is 11.5 Å². The van der Waals surface area contributed by atoms with Crippen LogP contribution in [0.25, 0.3) is 28.1 Å². The molecule has 0 spiro atoms. The standard InChI is InChI=1S/C30H29Cl2N5O3/c1-30(2,3)36(4)29(39)26-22-7-6-16-9-25(40-5)23(17-8-18(28(33)38)15-34-14-17)13-24(16)27(22)37(35-26)21-11-19(31)10-20(32)12-21/h8-15H,6-7H2,1-5H3,(H2,33,38). The highest BCUT2D eigenvalue weighted by Crippen LogP contribution is 2.43. The van der Waals surface area contributed by atoms with Gasteiger partial charge in [-0.2, -0.15) is 5.10 Å². The fraction of sp³-hybridized carbons (Fsp3) is 0.267. The van der Waals surface area contributed by atoms with E-state index in [1.807, 2.05) is 32.9 Å². The second-order valence-electron chi connectivity index (χ2n) is 10.8. The molecule has 0 fully saturated rings. The minimum Gasteiger partial charge on any atom is -0.496 e. The fourth-order valence-electron chi connectivity index (χ4n) is 4.87. The molecule has 0 saturated carbocycles. The van der Waals surface area contributed by atoms with Gasteiger partial charge in [0, 0.05) is 57.3 Å². The van der Waals surface area contributed by atoms with E-state index in [2.05, 4.69) is 4.98 Å². The number of nitrogens with two attached hydrogens (primary N) is 1. The maximum Gasteiger partial charge on any atom is 0.274 e. The van der Waals surface area contributed by atoms with Gasteiger partial charge in [-0.3, -0.25) is 14.6 Å². The van der Waals surface area contributed by atoms with E-state index in [0.29, 0.717) is 45.6 Å². The lowest BCUT2D eigenvalue weighted by Crippen LogP contribution is -2.43. The van der Waals surface area contributed by atoms with Crippen molar-refractivity contribution < 1.29 is 14.3 Å². The van der Waals surface area contributed by atoms with Gasteiger partial charge < -0.3 is 15.4 Å². The van der Waals surface area contributed by atoms with Gasteiger partial charge in [-0.05, 0) is 75.6 Å². The molecule has 5 rings (SSSR count). The topological polar surface area (TPSA) is 103 Å². The molecule has 2 amide bonds. The number of amides is 2. The Balaban J connectivity index is 1.79. The lowest BCUT2D eigenvalue weighted by atomic mass is 9.86. The van der Waals surface area contributed by atoms with Crippen molar-refractivity contribution in [3.63, 3.8) is 0 Å². The van der Waals surface area contributed by atoms with Crippen molar-refractivity contribution in [1.29, 1.82) is 0 Å².